The van der Waals surface area contributed by atoms with Gasteiger partial charge in [-0.2, -0.15) is 21.6 Å². The summed E-state index contributed by atoms with van der Waals surface area (Å²) in [5, 5.41) is 0. The van der Waals surface area contributed by atoms with Crippen LogP contribution in [0.1, 0.15) is 0 Å². The van der Waals surface area contributed by atoms with Crippen LogP contribution in [-0.2, 0) is 14.0 Å². The van der Waals surface area contributed by atoms with E-state index in [2.05, 4.69) is 13.6 Å². The number of hydrogen-bond donors (Lipinski definition) is 0. The monoisotopic (exact) mass is 278 g/mol. The highest BCUT2D eigenvalue weighted by atomic mass is 32.2. The molecule has 0 unspecified atom stereocenters. The van der Waals surface area contributed by atoms with Gasteiger partial charge in [0.05, 0.1) is 7.59 Å². The van der Waals surface area contributed by atoms with E-state index >= 15 is 0 Å². The zero-order valence-corrected chi connectivity index (χ0v) is 11.6. The summed E-state index contributed by atoms with van der Waals surface area (Å²) in [6.45, 7) is 5.17. The summed E-state index contributed by atoms with van der Waals surface area (Å²) < 4.78 is 60.9. The Morgan fingerprint density at radius 3 is 1.86 bits per heavy atom. The maximum absolute atomic E-state index is 11.9. The van der Waals surface area contributed by atoms with Crippen LogP contribution in [0.3, 0.4) is 0 Å². The first-order valence-electron chi connectivity index (χ1n) is 3.48. The van der Waals surface area contributed by atoms with Gasteiger partial charge in [0, 0.05) is 9.76 Å². The van der Waals surface area contributed by atoms with Crippen molar-refractivity contribution >= 4 is 35.5 Å². The molecule has 0 aliphatic carbocycles. The minimum atomic E-state index is -5.45. The predicted molar refractivity (Wildman–Crippen MR) is 50.9 cm³/mol. The summed E-state index contributed by atoms with van der Waals surface area (Å²) in [7, 11) is -6.65. The summed E-state index contributed by atoms with van der Waals surface area (Å²) in [4.78, 5) is 0. The summed E-state index contributed by atoms with van der Waals surface area (Å²) in [5.74, 6) is 0. The molecule has 0 aromatic heterocycles. The van der Waals surface area contributed by atoms with E-state index in [0.717, 1.165) is 0 Å². The molecule has 0 N–H and O–H groups in total. The fourth-order valence-corrected chi connectivity index (χ4v) is 6.76. The fraction of sp³-hybridized carbons (Fsp3) is 1.00. The second kappa shape index (κ2) is 4.08. The van der Waals surface area contributed by atoms with Gasteiger partial charge < -0.3 is 3.87 Å². The van der Waals surface area contributed by atoms with Crippen molar-refractivity contribution in [3.05, 3.63) is 0 Å². The highest BCUT2D eigenvalue weighted by Crippen LogP contribution is 2.25. The molecular formula is C4H9F3O3SSi3. The molecule has 82 valence electrons. The van der Waals surface area contributed by atoms with E-state index in [1.54, 1.807) is 19.6 Å². The van der Waals surface area contributed by atoms with Crippen molar-refractivity contribution in [2.24, 2.45) is 0 Å². The van der Waals surface area contributed by atoms with E-state index in [1.807, 2.05) is 0 Å². The Hall–Kier alpha value is 0.351. The maximum Gasteiger partial charge on any atom is 0.522 e. The topological polar surface area (TPSA) is 43.4 Å². The van der Waals surface area contributed by atoms with E-state index in [4.69, 9.17) is 0 Å². The zero-order valence-electron chi connectivity index (χ0n) is 7.77. The lowest BCUT2D eigenvalue weighted by Gasteiger charge is -2.22. The molecule has 0 aromatic carbocycles. The summed E-state index contributed by atoms with van der Waals surface area (Å²) >= 11 is 0. The summed E-state index contributed by atoms with van der Waals surface area (Å²) in [6.07, 6.45) is 0. The first-order valence-corrected chi connectivity index (χ1v) is 12.3. The van der Waals surface area contributed by atoms with Crippen LogP contribution in [0.15, 0.2) is 0 Å². The molecule has 0 fully saturated rings. The molecule has 0 saturated heterocycles. The van der Waals surface area contributed by atoms with Gasteiger partial charge in [-0.1, -0.05) is 19.6 Å². The number of rotatable bonds is 3. The minimum absolute atomic E-state index is 1.72. The Morgan fingerprint density at radius 2 is 1.64 bits per heavy atom. The number of alkyl halides is 3. The second-order valence-electron chi connectivity index (χ2n) is 3.56. The van der Waals surface area contributed by atoms with Crippen molar-refractivity contribution in [2.75, 3.05) is 0 Å². The van der Waals surface area contributed by atoms with E-state index in [-0.39, 0.29) is 0 Å². The van der Waals surface area contributed by atoms with Crippen LogP contribution in [0.25, 0.3) is 0 Å². The van der Waals surface area contributed by atoms with E-state index in [9.17, 15) is 21.6 Å². The molecule has 0 saturated carbocycles. The van der Waals surface area contributed by atoms with Crippen molar-refractivity contribution < 1.29 is 25.5 Å². The first-order chi connectivity index (χ1) is 5.88. The number of hydrogen-bond acceptors (Lipinski definition) is 3. The molecule has 0 rings (SSSR count). The average molecular weight is 278 g/mol. The van der Waals surface area contributed by atoms with E-state index in [1.165, 1.54) is 0 Å². The van der Waals surface area contributed by atoms with Crippen LogP contribution >= 0.6 is 0 Å². The van der Waals surface area contributed by atoms with Gasteiger partial charge in [-0.15, -0.1) is 0 Å². The van der Waals surface area contributed by atoms with Crippen molar-refractivity contribution in [1.82, 2.24) is 0 Å². The van der Waals surface area contributed by atoms with Gasteiger partial charge >= 0.3 is 15.6 Å². The molecule has 0 amide bonds. The molecule has 4 radical (unpaired) electrons. The summed E-state index contributed by atoms with van der Waals surface area (Å²) in [5.41, 5.74) is -5.34. The third-order valence-corrected chi connectivity index (χ3v) is 17.0. The van der Waals surface area contributed by atoms with Crippen LogP contribution < -0.4 is 0 Å². The Labute approximate surface area is 86.5 Å². The highest BCUT2D eigenvalue weighted by molar-refractivity contribution is 7.89. The largest absolute Gasteiger partial charge is 0.522 e. The van der Waals surface area contributed by atoms with Gasteiger partial charge in [-0.05, 0) is 0 Å². The molecule has 0 aromatic rings. The fourth-order valence-electron chi connectivity index (χ4n) is 0.282. The van der Waals surface area contributed by atoms with Crippen LogP contribution in [0.5, 0.6) is 0 Å². The van der Waals surface area contributed by atoms with Crippen molar-refractivity contribution in [3.63, 3.8) is 0 Å². The third-order valence-electron chi connectivity index (χ3n) is 1.16. The molecule has 10 heteroatoms. The van der Waals surface area contributed by atoms with E-state index in [0.29, 0.717) is 0 Å². The van der Waals surface area contributed by atoms with Gasteiger partial charge in [0.2, 0.25) is 0 Å². The van der Waals surface area contributed by atoms with E-state index < -0.39 is 31.3 Å². The van der Waals surface area contributed by atoms with Gasteiger partial charge in [0.15, 0.2) is 8.08 Å². The van der Waals surface area contributed by atoms with Gasteiger partial charge in [-0.3, -0.25) is 0 Å². The Bertz CT molecular complexity index is 293. The van der Waals surface area contributed by atoms with Crippen LogP contribution in [0, 0.1) is 0 Å². The minimum Gasteiger partial charge on any atom is -0.317 e. The van der Waals surface area contributed by atoms with Gasteiger partial charge in [-0.25, -0.2) is 0 Å². The zero-order chi connectivity index (χ0) is 11.8. The quantitative estimate of drug-likeness (QED) is 0.570. The van der Waals surface area contributed by atoms with Crippen molar-refractivity contribution in [3.8, 4) is 0 Å². The lowest BCUT2D eigenvalue weighted by atomic mass is 11.6. The second-order valence-corrected chi connectivity index (χ2v) is 19.5. The lowest BCUT2D eigenvalue weighted by molar-refractivity contribution is -0.0499. The molecule has 0 bridgehead atoms. The molecule has 0 aliphatic heterocycles. The SMILES string of the molecule is C[Si](C)(C)[Si]([Si])OS(=O)(=O)C(F)(F)F. The van der Waals surface area contributed by atoms with Crippen molar-refractivity contribution in [1.29, 1.82) is 0 Å². The predicted octanol–water partition coefficient (Wildman–Crippen LogP) is 0.926. The Kier molecular flexibility index (Phi) is 4.18. The molecule has 3 nitrogen and oxygen atoms in total. The average Bonchev–Trinajstić information content (AvgIpc) is 1.80. The van der Waals surface area contributed by atoms with Crippen LogP contribution in [0.2, 0.25) is 19.6 Å². The van der Waals surface area contributed by atoms with Gasteiger partial charge in [0.25, 0.3) is 0 Å². The summed E-state index contributed by atoms with van der Waals surface area (Å²) in [6, 6.07) is 0. The molecular weight excluding hydrogens is 269 g/mol. The number of halogens is 3. The molecule has 0 heterocycles. The first kappa shape index (κ1) is 14.4. The molecule has 14 heavy (non-hydrogen) atoms. The van der Waals surface area contributed by atoms with Crippen LogP contribution in [0.4, 0.5) is 13.2 Å². The Balaban J connectivity index is 4.72. The molecule has 0 spiro atoms. The lowest BCUT2D eigenvalue weighted by Crippen LogP contribution is -2.49. The standard InChI is InChI=1S/C4H9F3O3SSi3/c1-14(2,3)13(12)10-11(8,9)4(5,6)7/h1-3H3. The normalized spacial score (nSPS) is 14.9. The smallest absolute Gasteiger partial charge is 0.317 e. The Morgan fingerprint density at radius 1 is 1.29 bits per heavy atom. The molecule has 0 aliphatic rings. The maximum atomic E-state index is 11.9. The highest BCUT2D eigenvalue weighted by Gasteiger charge is 2.49. The third kappa shape index (κ3) is 3.84. The van der Waals surface area contributed by atoms with Crippen LogP contribution in [-0.4, -0.2) is 39.4 Å². The van der Waals surface area contributed by atoms with Crippen molar-refractivity contribution in [2.45, 2.75) is 25.1 Å². The molecule has 0 atom stereocenters. The van der Waals surface area contributed by atoms with Gasteiger partial charge in [0.1, 0.15) is 0 Å².